The minimum absolute atomic E-state index is 0.0499. The molecule has 0 radical (unpaired) electrons. The zero-order valence-corrected chi connectivity index (χ0v) is 11.5. The van der Waals surface area contributed by atoms with E-state index in [1.165, 1.54) is 12.3 Å². The summed E-state index contributed by atoms with van der Waals surface area (Å²) in [5, 5.41) is 9.48. The lowest BCUT2D eigenvalue weighted by Gasteiger charge is -2.05. The van der Waals surface area contributed by atoms with Gasteiger partial charge in [0, 0.05) is 18.0 Å². The van der Waals surface area contributed by atoms with Crippen LogP contribution in [0.4, 0.5) is 10.2 Å². The molecule has 0 aromatic carbocycles. The number of pyridine rings is 1. The minimum atomic E-state index is -0.653. The second kappa shape index (κ2) is 6.27. The Balaban J connectivity index is 2.07. The van der Waals surface area contributed by atoms with Gasteiger partial charge in [0.1, 0.15) is 0 Å². The summed E-state index contributed by atoms with van der Waals surface area (Å²) in [6.45, 7) is 4.20. The quantitative estimate of drug-likeness (QED) is 0.881. The van der Waals surface area contributed by atoms with Crippen molar-refractivity contribution in [1.82, 2.24) is 15.2 Å². The number of rotatable bonds is 5. The third-order valence-corrected chi connectivity index (χ3v) is 3.11. The molecule has 2 rings (SSSR count). The first kappa shape index (κ1) is 14.2. The van der Waals surface area contributed by atoms with Gasteiger partial charge in [-0.3, -0.25) is 14.9 Å². The van der Waals surface area contributed by atoms with E-state index in [0.29, 0.717) is 11.7 Å². The van der Waals surface area contributed by atoms with Gasteiger partial charge >= 0.3 is 0 Å². The number of aromatic amines is 1. The van der Waals surface area contributed by atoms with Gasteiger partial charge in [-0.2, -0.15) is 5.10 Å². The summed E-state index contributed by atoms with van der Waals surface area (Å²) in [4.78, 5) is 15.5. The third-order valence-electron chi connectivity index (χ3n) is 3.11. The molecule has 2 aromatic rings. The average Bonchev–Trinajstić information content (AvgIpc) is 2.88. The number of hydrogen-bond donors (Lipinski definition) is 2. The molecule has 5 nitrogen and oxygen atoms in total. The van der Waals surface area contributed by atoms with Crippen molar-refractivity contribution in [2.45, 2.75) is 32.6 Å². The summed E-state index contributed by atoms with van der Waals surface area (Å²) in [7, 11) is 0. The molecule has 1 amide bonds. The number of nitrogens with one attached hydrogen (secondary N) is 2. The summed E-state index contributed by atoms with van der Waals surface area (Å²) in [6.07, 6.45) is 4.49. The lowest BCUT2D eigenvalue weighted by Crippen LogP contribution is -2.14. The van der Waals surface area contributed by atoms with E-state index >= 15 is 0 Å². The van der Waals surface area contributed by atoms with Gasteiger partial charge in [-0.05, 0) is 18.4 Å². The first-order chi connectivity index (χ1) is 9.61. The van der Waals surface area contributed by atoms with E-state index in [4.69, 9.17) is 0 Å². The first-order valence-corrected chi connectivity index (χ1v) is 6.58. The maximum Gasteiger partial charge on any atom is 0.259 e. The zero-order chi connectivity index (χ0) is 14.5. The van der Waals surface area contributed by atoms with E-state index in [9.17, 15) is 9.18 Å². The second-order valence-electron chi connectivity index (χ2n) is 4.71. The van der Waals surface area contributed by atoms with Crippen molar-refractivity contribution in [2.75, 3.05) is 5.32 Å². The largest absolute Gasteiger partial charge is 0.305 e. The standard InChI is InChI=1S/C14H17FN4O/c1-3-4-9(2)12-7-13(19-18-12)17-14(20)10-5-6-16-8-11(10)15/h5-9H,3-4H2,1-2H3,(H2,17,18,19,20). The summed E-state index contributed by atoms with van der Waals surface area (Å²) in [6, 6.07) is 3.11. The van der Waals surface area contributed by atoms with Crippen molar-refractivity contribution in [1.29, 1.82) is 0 Å². The summed E-state index contributed by atoms with van der Waals surface area (Å²) >= 11 is 0. The van der Waals surface area contributed by atoms with Crippen molar-refractivity contribution in [3.63, 3.8) is 0 Å². The molecule has 0 aliphatic rings. The smallest absolute Gasteiger partial charge is 0.259 e. The molecule has 2 N–H and O–H groups in total. The molecule has 1 unspecified atom stereocenters. The lowest BCUT2D eigenvalue weighted by atomic mass is 10.0. The molecular weight excluding hydrogens is 259 g/mol. The Labute approximate surface area is 116 Å². The molecule has 2 heterocycles. The van der Waals surface area contributed by atoms with Gasteiger partial charge in [0.05, 0.1) is 11.8 Å². The van der Waals surface area contributed by atoms with E-state index in [-0.39, 0.29) is 5.56 Å². The van der Waals surface area contributed by atoms with Crippen LogP contribution in [0.2, 0.25) is 0 Å². The zero-order valence-electron chi connectivity index (χ0n) is 11.5. The average molecular weight is 276 g/mol. The molecule has 6 heteroatoms. The summed E-state index contributed by atoms with van der Waals surface area (Å²) < 4.78 is 13.4. The van der Waals surface area contributed by atoms with Gasteiger partial charge in [-0.15, -0.1) is 0 Å². The number of anilines is 1. The molecule has 20 heavy (non-hydrogen) atoms. The summed E-state index contributed by atoms with van der Waals surface area (Å²) in [5.74, 6) is -0.453. The molecule has 0 bridgehead atoms. The Hall–Kier alpha value is -2.24. The molecule has 0 aliphatic carbocycles. The first-order valence-electron chi connectivity index (χ1n) is 6.58. The topological polar surface area (TPSA) is 70.7 Å². The predicted octanol–water partition coefficient (Wildman–Crippen LogP) is 3.10. The fourth-order valence-corrected chi connectivity index (χ4v) is 1.98. The number of halogens is 1. The third kappa shape index (κ3) is 3.20. The van der Waals surface area contributed by atoms with Gasteiger partial charge in [-0.25, -0.2) is 4.39 Å². The van der Waals surface area contributed by atoms with E-state index in [1.54, 1.807) is 6.07 Å². The highest BCUT2D eigenvalue weighted by molar-refractivity contribution is 6.03. The predicted molar refractivity (Wildman–Crippen MR) is 74.1 cm³/mol. The monoisotopic (exact) mass is 276 g/mol. The van der Waals surface area contributed by atoms with Gasteiger partial charge in [0.15, 0.2) is 11.6 Å². The Kier molecular flexibility index (Phi) is 4.45. The number of hydrogen-bond acceptors (Lipinski definition) is 3. The number of carbonyl (C=O) groups is 1. The molecule has 0 aliphatic heterocycles. The van der Waals surface area contributed by atoms with Crippen LogP contribution >= 0.6 is 0 Å². The van der Waals surface area contributed by atoms with Crippen LogP contribution in [-0.2, 0) is 0 Å². The fraction of sp³-hybridized carbons (Fsp3) is 0.357. The SMILES string of the molecule is CCCC(C)c1cc(NC(=O)c2ccncc2F)n[nH]1. The minimum Gasteiger partial charge on any atom is -0.305 e. The van der Waals surface area contributed by atoms with Gasteiger partial charge < -0.3 is 5.32 Å². The van der Waals surface area contributed by atoms with Crippen LogP contribution in [0.3, 0.4) is 0 Å². The summed E-state index contributed by atoms with van der Waals surface area (Å²) in [5.41, 5.74) is 0.906. The highest BCUT2D eigenvalue weighted by atomic mass is 19.1. The van der Waals surface area contributed by atoms with E-state index in [1.807, 2.05) is 0 Å². The van der Waals surface area contributed by atoms with Crippen LogP contribution in [0.25, 0.3) is 0 Å². The maximum atomic E-state index is 13.4. The highest BCUT2D eigenvalue weighted by Gasteiger charge is 2.14. The number of nitrogens with zero attached hydrogens (tertiary/aromatic N) is 2. The molecule has 106 valence electrons. The Morgan fingerprint density at radius 1 is 1.55 bits per heavy atom. The van der Waals surface area contributed by atoms with Crippen molar-refractivity contribution in [2.24, 2.45) is 0 Å². The van der Waals surface area contributed by atoms with Crippen molar-refractivity contribution >= 4 is 11.7 Å². The van der Waals surface area contributed by atoms with Crippen LogP contribution in [0.15, 0.2) is 24.5 Å². The Bertz CT molecular complexity index is 596. The van der Waals surface area contributed by atoms with E-state index in [2.05, 4.69) is 34.3 Å². The number of aromatic nitrogens is 3. The lowest BCUT2D eigenvalue weighted by molar-refractivity contribution is 0.102. The highest BCUT2D eigenvalue weighted by Crippen LogP contribution is 2.20. The number of H-pyrrole nitrogens is 1. The van der Waals surface area contributed by atoms with Crippen molar-refractivity contribution in [3.8, 4) is 0 Å². The molecule has 0 fully saturated rings. The number of carbonyl (C=O) groups excluding carboxylic acids is 1. The fourth-order valence-electron chi connectivity index (χ4n) is 1.98. The van der Waals surface area contributed by atoms with E-state index in [0.717, 1.165) is 24.7 Å². The maximum absolute atomic E-state index is 13.4. The van der Waals surface area contributed by atoms with E-state index < -0.39 is 11.7 Å². The van der Waals surface area contributed by atoms with Crippen molar-refractivity contribution in [3.05, 3.63) is 41.6 Å². The van der Waals surface area contributed by atoms with Crippen LogP contribution in [0, 0.1) is 5.82 Å². The van der Waals surface area contributed by atoms with Crippen LogP contribution in [0.5, 0.6) is 0 Å². The normalized spacial score (nSPS) is 12.2. The molecular formula is C14H17FN4O. The Morgan fingerprint density at radius 3 is 3.05 bits per heavy atom. The Morgan fingerprint density at radius 2 is 2.35 bits per heavy atom. The molecule has 0 saturated heterocycles. The molecule has 0 spiro atoms. The van der Waals surface area contributed by atoms with Crippen LogP contribution in [-0.4, -0.2) is 21.1 Å². The van der Waals surface area contributed by atoms with Crippen molar-refractivity contribution < 1.29 is 9.18 Å². The van der Waals surface area contributed by atoms with Gasteiger partial charge in [0.2, 0.25) is 0 Å². The molecule has 1 atom stereocenters. The number of amides is 1. The van der Waals surface area contributed by atoms with Crippen LogP contribution in [0.1, 0.15) is 48.7 Å². The van der Waals surface area contributed by atoms with Gasteiger partial charge in [-0.1, -0.05) is 20.3 Å². The molecule has 2 aromatic heterocycles. The van der Waals surface area contributed by atoms with Crippen LogP contribution < -0.4 is 5.32 Å². The second-order valence-corrected chi connectivity index (χ2v) is 4.71. The molecule has 0 saturated carbocycles. The van der Waals surface area contributed by atoms with Gasteiger partial charge in [0.25, 0.3) is 5.91 Å².